The molecule has 0 amide bonds. The van der Waals surface area contributed by atoms with Crippen molar-refractivity contribution in [3.8, 4) is 0 Å². The van der Waals surface area contributed by atoms with Gasteiger partial charge in [0.1, 0.15) is 5.60 Å². The standard InChI is InChI=1S/C11H19N3O/c1-4-6-7-11(3,15)10-9-12-13-14(10)8-5-2/h4,9,15H,1,5-8H2,2-3H3. The highest BCUT2D eigenvalue weighted by Crippen LogP contribution is 2.25. The molecule has 0 aliphatic heterocycles. The summed E-state index contributed by atoms with van der Waals surface area (Å²) in [4.78, 5) is 0. The minimum absolute atomic E-state index is 0.646. The monoisotopic (exact) mass is 209 g/mol. The fourth-order valence-electron chi connectivity index (χ4n) is 1.56. The Hall–Kier alpha value is -1.16. The molecule has 84 valence electrons. The van der Waals surface area contributed by atoms with Crippen molar-refractivity contribution < 1.29 is 5.11 Å². The van der Waals surface area contributed by atoms with Crippen molar-refractivity contribution in [2.45, 2.75) is 45.3 Å². The lowest BCUT2D eigenvalue weighted by molar-refractivity contribution is 0.0392. The van der Waals surface area contributed by atoms with Gasteiger partial charge in [0, 0.05) is 6.54 Å². The Morgan fingerprint density at radius 1 is 1.67 bits per heavy atom. The van der Waals surface area contributed by atoms with Crippen molar-refractivity contribution in [2.75, 3.05) is 0 Å². The quantitative estimate of drug-likeness (QED) is 0.727. The Labute approximate surface area is 90.6 Å². The van der Waals surface area contributed by atoms with Crippen LogP contribution in [-0.2, 0) is 12.1 Å². The van der Waals surface area contributed by atoms with Gasteiger partial charge in [0.25, 0.3) is 0 Å². The van der Waals surface area contributed by atoms with Crippen LogP contribution in [0.2, 0.25) is 0 Å². The van der Waals surface area contributed by atoms with Gasteiger partial charge in [-0.05, 0) is 26.2 Å². The van der Waals surface area contributed by atoms with Gasteiger partial charge in [-0.3, -0.25) is 0 Å². The van der Waals surface area contributed by atoms with Crippen molar-refractivity contribution in [3.05, 3.63) is 24.5 Å². The largest absolute Gasteiger partial charge is 0.384 e. The second kappa shape index (κ2) is 5.07. The molecule has 0 fully saturated rings. The first-order chi connectivity index (χ1) is 7.11. The first-order valence-electron chi connectivity index (χ1n) is 5.34. The van der Waals surface area contributed by atoms with E-state index in [1.807, 2.05) is 6.08 Å². The number of allylic oxidation sites excluding steroid dienone is 1. The lowest BCUT2D eigenvalue weighted by Crippen LogP contribution is -2.25. The summed E-state index contributed by atoms with van der Waals surface area (Å²) in [6.07, 6.45) is 5.85. The molecule has 0 radical (unpaired) electrons. The second-order valence-electron chi connectivity index (χ2n) is 3.94. The molecule has 0 aliphatic rings. The van der Waals surface area contributed by atoms with Crippen LogP contribution in [0.3, 0.4) is 0 Å². The molecular weight excluding hydrogens is 190 g/mol. The van der Waals surface area contributed by atoms with Crippen LogP contribution in [0.15, 0.2) is 18.9 Å². The summed E-state index contributed by atoms with van der Waals surface area (Å²) in [6.45, 7) is 8.31. The molecule has 1 heterocycles. The first kappa shape index (κ1) is 11.9. The molecule has 4 heteroatoms. The summed E-state index contributed by atoms with van der Waals surface area (Å²) >= 11 is 0. The minimum atomic E-state index is -0.868. The van der Waals surface area contributed by atoms with Crippen molar-refractivity contribution in [1.29, 1.82) is 0 Å². The second-order valence-corrected chi connectivity index (χ2v) is 3.94. The van der Waals surface area contributed by atoms with Crippen LogP contribution in [0.4, 0.5) is 0 Å². The van der Waals surface area contributed by atoms with Crippen molar-refractivity contribution >= 4 is 0 Å². The van der Waals surface area contributed by atoms with Gasteiger partial charge in [-0.2, -0.15) is 0 Å². The topological polar surface area (TPSA) is 50.9 Å². The van der Waals surface area contributed by atoms with Gasteiger partial charge >= 0.3 is 0 Å². The molecule has 0 aliphatic carbocycles. The van der Waals surface area contributed by atoms with Gasteiger partial charge in [0.2, 0.25) is 0 Å². The molecule has 4 nitrogen and oxygen atoms in total. The van der Waals surface area contributed by atoms with Crippen molar-refractivity contribution in [3.63, 3.8) is 0 Å². The summed E-state index contributed by atoms with van der Waals surface area (Å²) < 4.78 is 1.77. The highest BCUT2D eigenvalue weighted by atomic mass is 16.3. The van der Waals surface area contributed by atoms with Crippen molar-refractivity contribution in [1.82, 2.24) is 15.0 Å². The van der Waals surface area contributed by atoms with E-state index < -0.39 is 5.60 Å². The van der Waals surface area contributed by atoms with Gasteiger partial charge in [-0.1, -0.05) is 18.2 Å². The van der Waals surface area contributed by atoms with E-state index in [2.05, 4.69) is 23.8 Å². The van der Waals surface area contributed by atoms with E-state index in [1.165, 1.54) is 0 Å². The van der Waals surface area contributed by atoms with Gasteiger partial charge < -0.3 is 5.11 Å². The van der Waals surface area contributed by atoms with E-state index in [9.17, 15) is 5.11 Å². The number of aromatic nitrogens is 3. The molecule has 1 atom stereocenters. The summed E-state index contributed by atoms with van der Waals surface area (Å²) in [5.41, 5.74) is -0.0847. The zero-order chi connectivity index (χ0) is 11.3. The predicted octanol–water partition coefficient (Wildman–Crippen LogP) is 1.86. The molecule has 1 rings (SSSR count). The zero-order valence-electron chi connectivity index (χ0n) is 9.48. The summed E-state index contributed by atoms with van der Waals surface area (Å²) in [5.74, 6) is 0. The van der Waals surface area contributed by atoms with Crippen LogP contribution < -0.4 is 0 Å². The molecule has 0 saturated heterocycles. The fraction of sp³-hybridized carbons (Fsp3) is 0.636. The smallest absolute Gasteiger partial charge is 0.105 e. The summed E-state index contributed by atoms with van der Waals surface area (Å²) in [5, 5.41) is 18.1. The van der Waals surface area contributed by atoms with Crippen LogP contribution in [0.25, 0.3) is 0 Å². The number of rotatable bonds is 6. The van der Waals surface area contributed by atoms with E-state index in [0.717, 1.165) is 25.1 Å². The lowest BCUT2D eigenvalue weighted by Gasteiger charge is -2.22. The van der Waals surface area contributed by atoms with E-state index >= 15 is 0 Å². The average Bonchev–Trinajstić information content (AvgIpc) is 2.64. The number of aliphatic hydroxyl groups is 1. The highest BCUT2D eigenvalue weighted by Gasteiger charge is 2.26. The van der Waals surface area contributed by atoms with Crippen LogP contribution in [0, 0.1) is 0 Å². The fourth-order valence-corrected chi connectivity index (χ4v) is 1.56. The molecule has 1 N–H and O–H groups in total. The lowest BCUT2D eigenvalue weighted by atomic mass is 9.96. The molecule has 15 heavy (non-hydrogen) atoms. The van der Waals surface area contributed by atoms with Gasteiger partial charge in [-0.25, -0.2) is 4.68 Å². The Morgan fingerprint density at radius 2 is 2.40 bits per heavy atom. The average molecular weight is 209 g/mol. The molecule has 1 aromatic heterocycles. The highest BCUT2D eigenvalue weighted by molar-refractivity contribution is 5.06. The summed E-state index contributed by atoms with van der Waals surface area (Å²) in [7, 11) is 0. The minimum Gasteiger partial charge on any atom is -0.384 e. The molecule has 0 saturated carbocycles. The SMILES string of the molecule is C=CCCC(C)(O)c1cnnn1CCC. The third-order valence-corrected chi connectivity index (χ3v) is 2.44. The predicted molar refractivity (Wildman–Crippen MR) is 59.3 cm³/mol. The normalized spacial score (nSPS) is 14.9. The molecular formula is C11H19N3O. The van der Waals surface area contributed by atoms with E-state index in [1.54, 1.807) is 17.8 Å². The number of hydrogen-bond acceptors (Lipinski definition) is 3. The maximum absolute atomic E-state index is 10.3. The molecule has 0 aromatic carbocycles. The van der Waals surface area contributed by atoms with E-state index in [4.69, 9.17) is 0 Å². The zero-order valence-corrected chi connectivity index (χ0v) is 9.48. The molecule has 1 unspecified atom stereocenters. The number of aryl methyl sites for hydroxylation is 1. The van der Waals surface area contributed by atoms with Crippen LogP contribution in [0.5, 0.6) is 0 Å². The number of nitrogens with zero attached hydrogens (tertiary/aromatic N) is 3. The van der Waals surface area contributed by atoms with E-state index in [-0.39, 0.29) is 0 Å². The maximum atomic E-state index is 10.3. The Bertz CT molecular complexity index is 317. The number of hydrogen-bond donors (Lipinski definition) is 1. The third kappa shape index (κ3) is 2.89. The maximum Gasteiger partial charge on any atom is 0.105 e. The molecule has 0 bridgehead atoms. The molecule has 1 aromatic rings. The van der Waals surface area contributed by atoms with Crippen LogP contribution >= 0.6 is 0 Å². The van der Waals surface area contributed by atoms with Crippen LogP contribution in [-0.4, -0.2) is 20.1 Å². The Balaban J connectivity index is 2.82. The third-order valence-electron chi connectivity index (χ3n) is 2.44. The molecule has 0 spiro atoms. The van der Waals surface area contributed by atoms with Gasteiger partial charge in [0.05, 0.1) is 11.9 Å². The Morgan fingerprint density at radius 3 is 3.00 bits per heavy atom. The van der Waals surface area contributed by atoms with E-state index in [0.29, 0.717) is 6.42 Å². The van der Waals surface area contributed by atoms with Crippen LogP contribution in [0.1, 0.15) is 38.8 Å². The van der Waals surface area contributed by atoms with Gasteiger partial charge in [-0.15, -0.1) is 11.7 Å². The van der Waals surface area contributed by atoms with Crippen molar-refractivity contribution in [2.24, 2.45) is 0 Å². The van der Waals surface area contributed by atoms with Gasteiger partial charge in [0.15, 0.2) is 0 Å². The Kier molecular flexibility index (Phi) is 4.03. The first-order valence-corrected chi connectivity index (χ1v) is 5.34. The summed E-state index contributed by atoms with van der Waals surface area (Å²) in [6, 6.07) is 0.